The quantitative estimate of drug-likeness (QED) is 0.674. The molecule has 0 fully saturated rings. The number of carbonyl (C=O) groups excluding carboxylic acids is 1. The maximum absolute atomic E-state index is 11.9. The van der Waals surface area contributed by atoms with Crippen molar-refractivity contribution in [2.75, 3.05) is 11.6 Å². The van der Waals surface area contributed by atoms with Crippen LogP contribution in [0, 0.1) is 0 Å². The number of carbonyl (C=O) groups is 1. The number of nitrogens with zero attached hydrogens (tertiary/aromatic N) is 1. The molecule has 0 aromatic carbocycles. The van der Waals surface area contributed by atoms with Crippen LogP contribution in [0.15, 0.2) is 34.7 Å². The molecule has 18 heavy (non-hydrogen) atoms. The zero-order chi connectivity index (χ0) is 12.5. The minimum Gasteiger partial charge on any atom is -0.320 e. The number of pyridine rings is 1. The second-order valence-electron chi connectivity index (χ2n) is 3.80. The Balaban J connectivity index is 2.04. The highest BCUT2D eigenvalue weighted by atomic mass is 32.2. The molecule has 0 bridgehead atoms. The monoisotopic (exact) mass is 274 g/mol. The minimum absolute atomic E-state index is 0.0807. The molecule has 5 heteroatoms. The fraction of sp³-hybridized carbons (Fsp3) is 0.0769. The van der Waals surface area contributed by atoms with Gasteiger partial charge in [-0.3, -0.25) is 9.78 Å². The molecule has 0 saturated heterocycles. The number of thioether (sulfide) groups is 1. The molecular formula is C13H10N2OS2. The standard InChI is InChI=1S/C13H10N2OS2/c1-17-9-5-8(18-7-9)6-10-12-11(15-13(10)16)3-2-4-14-12/h2-7H,1H3,(H,15,16). The van der Waals surface area contributed by atoms with Crippen LogP contribution < -0.4 is 5.32 Å². The zero-order valence-electron chi connectivity index (χ0n) is 9.64. The van der Waals surface area contributed by atoms with E-state index in [0.29, 0.717) is 5.57 Å². The molecule has 3 heterocycles. The van der Waals surface area contributed by atoms with E-state index in [1.165, 1.54) is 4.90 Å². The summed E-state index contributed by atoms with van der Waals surface area (Å²) in [5.41, 5.74) is 2.16. The van der Waals surface area contributed by atoms with Crippen molar-refractivity contribution >= 4 is 46.3 Å². The molecule has 3 nitrogen and oxygen atoms in total. The number of aromatic nitrogens is 1. The second-order valence-corrected chi connectivity index (χ2v) is 5.62. The van der Waals surface area contributed by atoms with E-state index in [4.69, 9.17) is 0 Å². The summed E-state index contributed by atoms with van der Waals surface area (Å²) in [6.07, 6.45) is 5.64. The Bertz CT molecular complexity index is 646. The summed E-state index contributed by atoms with van der Waals surface area (Å²) < 4.78 is 0. The Morgan fingerprint density at radius 3 is 3.17 bits per heavy atom. The Hall–Kier alpha value is -1.59. The Kier molecular flexibility index (Phi) is 2.93. The summed E-state index contributed by atoms with van der Waals surface area (Å²) in [6, 6.07) is 5.76. The van der Waals surface area contributed by atoms with Gasteiger partial charge in [-0.15, -0.1) is 23.1 Å². The molecule has 1 N–H and O–H groups in total. The first kappa shape index (κ1) is 11.5. The fourth-order valence-electron chi connectivity index (χ4n) is 1.81. The number of hydrogen-bond donors (Lipinski definition) is 1. The van der Waals surface area contributed by atoms with Crippen molar-refractivity contribution in [1.82, 2.24) is 4.98 Å². The van der Waals surface area contributed by atoms with E-state index >= 15 is 0 Å². The summed E-state index contributed by atoms with van der Waals surface area (Å²) in [7, 11) is 0. The normalized spacial score (nSPS) is 15.8. The van der Waals surface area contributed by atoms with Crippen molar-refractivity contribution in [2.45, 2.75) is 4.90 Å². The Morgan fingerprint density at radius 2 is 2.39 bits per heavy atom. The zero-order valence-corrected chi connectivity index (χ0v) is 11.3. The lowest BCUT2D eigenvalue weighted by Gasteiger charge is -1.94. The van der Waals surface area contributed by atoms with E-state index in [1.54, 1.807) is 29.3 Å². The first-order valence-corrected chi connectivity index (χ1v) is 7.49. The largest absolute Gasteiger partial charge is 0.320 e. The lowest BCUT2D eigenvalue weighted by molar-refractivity contribution is -0.110. The summed E-state index contributed by atoms with van der Waals surface area (Å²) >= 11 is 3.33. The third kappa shape index (κ3) is 1.95. The number of fused-ring (bicyclic) bond motifs is 1. The van der Waals surface area contributed by atoms with Crippen LogP contribution in [0.25, 0.3) is 11.6 Å². The van der Waals surface area contributed by atoms with Gasteiger partial charge in [0.2, 0.25) is 0 Å². The second kappa shape index (κ2) is 4.59. The highest BCUT2D eigenvalue weighted by Gasteiger charge is 2.25. The van der Waals surface area contributed by atoms with Crippen molar-refractivity contribution in [3.8, 4) is 0 Å². The van der Waals surface area contributed by atoms with Gasteiger partial charge in [-0.05, 0) is 30.5 Å². The number of rotatable bonds is 2. The Morgan fingerprint density at radius 1 is 1.50 bits per heavy atom. The Labute approximate surface area is 113 Å². The number of hydrogen-bond acceptors (Lipinski definition) is 4. The third-order valence-electron chi connectivity index (χ3n) is 2.67. The molecule has 2 aromatic rings. The third-order valence-corrected chi connectivity index (χ3v) is 4.41. The van der Waals surface area contributed by atoms with Gasteiger partial charge in [0, 0.05) is 21.3 Å². The van der Waals surface area contributed by atoms with Crippen molar-refractivity contribution in [1.29, 1.82) is 0 Å². The number of thiophene rings is 1. The molecule has 1 aliphatic heterocycles. The van der Waals surface area contributed by atoms with Gasteiger partial charge >= 0.3 is 0 Å². The van der Waals surface area contributed by atoms with Crippen molar-refractivity contribution in [3.63, 3.8) is 0 Å². The van der Waals surface area contributed by atoms with Crippen molar-refractivity contribution in [3.05, 3.63) is 40.3 Å². The van der Waals surface area contributed by atoms with Gasteiger partial charge in [-0.25, -0.2) is 0 Å². The molecule has 0 aliphatic carbocycles. The molecule has 2 aromatic heterocycles. The number of amides is 1. The van der Waals surface area contributed by atoms with Crippen LogP contribution in [-0.2, 0) is 4.79 Å². The lowest BCUT2D eigenvalue weighted by atomic mass is 10.1. The van der Waals surface area contributed by atoms with Gasteiger partial charge in [0.25, 0.3) is 5.91 Å². The molecule has 0 radical (unpaired) electrons. The van der Waals surface area contributed by atoms with Gasteiger partial charge < -0.3 is 5.32 Å². The van der Waals surface area contributed by atoms with Gasteiger partial charge in [0.1, 0.15) is 0 Å². The van der Waals surface area contributed by atoms with Crippen LogP contribution in [0.3, 0.4) is 0 Å². The van der Waals surface area contributed by atoms with E-state index < -0.39 is 0 Å². The van der Waals surface area contributed by atoms with E-state index in [0.717, 1.165) is 16.3 Å². The van der Waals surface area contributed by atoms with Gasteiger partial charge in [-0.1, -0.05) is 0 Å². The minimum atomic E-state index is -0.0807. The molecule has 0 saturated carbocycles. The SMILES string of the molecule is CSc1csc(C=C2C(=O)Nc3cccnc32)c1. The molecule has 1 aliphatic rings. The first-order chi connectivity index (χ1) is 8.78. The smallest absolute Gasteiger partial charge is 0.258 e. The summed E-state index contributed by atoms with van der Waals surface area (Å²) in [5, 5.41) is 4.90. The predicted octanol–water partition coefficient (Wildman–Crippen LogP) is 3.36. The van der Waals surface area contributed by atoms with Crippen LogP contribution in [0.1, 0.15) is 10.6 Å². The first-order valence-electron chi connectivity index (χ1n) is 5.39. The molecule has 90 valence electrons. The fourth-order valence-corrected chi connectivity index (χ4v) is 3.36. The average molecular weight is 274 g/mol. The summed E-state index contributed by atoms with van der Waals surface area (Å²) in [6.45, 7) is 0. The van der Waals surface area contributed by atoms with E-state index in [9.17, 15) is 4.79 Å². The average Bonchev–Trinajstić information content (AvgIpc) is 2.96. The van der Waals surface area contributed by atoms with E-state index in [2.05, 4.69) is 21.7 Å². The molecule has 0 atom stereocenters. The number of nitrogens with one attached hydrogen (secondary N) is 1. The highest BCUT2D eigenvalue weighted by Crippen LogP contribution is 2.32. The van der Waals surface area contributed by atoms with Crippen molar-refractivity contribution < 1.29 is 4.79 Å². The van der Waals surface area contributed by atoms with E-state index in [-0.39, 0.29) is 5.91 Å². The van der Waals surface area contributed by atoms with E-state index in [1.807, 2.05) is 24.5 Å². The molecule has 0 spiro atoms. The van der Waals surface area contributed by atoms with Crippen LogP contribution in [0.5, 0.6) is 0 Å². The summed E-state index contributed by atoms with van der Waals surface area (Å²) in [4.78, 5) is 18.4. The molecule has 3 rings (SSSR count). The maximum atomic E-state index is 11.9. The van der Waals surface area contributed by atoms with Gasteiger partial charge in [0.15, 0.2) is 0 Å². The van der Waals surface area contributed by atoms with Crippen LogP contribution >= 0.6 is 23.1 Å². The highest BCUT2D eigenvalue weighted by molar-refractivity contribution is 7.98. The molecule has 0 unspecified atom stereocenters. The predicted molar refractivity (Wildman–Crippen MR) is 76.8 cm³/mol. The molecular weight excluding hydrogens is 264 g/mol. The van der Waals surface area contributed by atoms with Gasteiger partial charge in [0.05, 0.1) is 17.0 Å². The van der Waals surface area contributed by atoms with Gasteiger partial charge in [-0.2, -0.15) is 0 Å². The maximum Gasteiger partial charge on any atom is 0.258 e. The lowest BCUT2D eigenvalue weighted by Crippen LogP contribution is -2.03. The van der Waals surface area contributed by atoms with Crippen molar-refractivity contribution in [2.24, 2.45) is 0 Å². The summed E-state index contributed by atoms with van der Waals surface area (Å²) in [5.74, 6) is -0.0807. The van der Waals surface area contributed by atoms with Crippen LogP contribution in [-0.4, -0.2) is 17.1 Å². The van der Waals surface area contributed by atoms with Crippen LogP contribution in [0.2, 0.25) is 0 Å². The molecule has 1 amide bonds. The topological polar surface area (TPSA) is 42.0 Å². The van der Waals surface area contributed by atoms with Crippen LogP contribution in [0.4, 0.5) is 5.69 Å². The number of anilines is 1.